The van der Waals surface area contributed by atoms with Crippen molar-refractivity contribution in [3.8, 4) is 11.5 Å². The molecule has 3 aliphatic rings. The summed E-state index contributed by atoms with van der Waals surface area (Å²) in [5.74, 6) is 1.27. The third-order valence-corrected chi connectivity index (χ3v) is 6.87. The first-order valence-corrected chi connectivity index (χ1v) is 10.9. The third kappa shape index (κ3) is 3.44. The van der Waals surface area contributed by atoms with Gasteiger partial charge in [-0.05, 0) is 73.1 Å². The van der Waals surface area contributed by atoms with E-state index in [1.807, 2.05) is 43.3 Å². The Balaban J connectivity index is 1.57. The molecule has 2 fully saturated rings. The SMILES string of the molecule is CCOC(=O)C1C(C)CC2C/C(=C\c3ccco3)C(=O)C2C1c1ccc2c(c1)OCO2. The van der Waals surface area contributed by atoms with Gasteiger partial charge in [-0.2, -0.15) is 0 Å². The van der Waals surface area contributed by atoms with Gasteiger partial charge in [0, 0.05) is 11.8 Å². The molecule has 0 radical (unpaired) electrons. The van der Waals surface area contributed by atoms with Gasteiger partial charge in [-0.25, -0.2) is 0 Å². The summed E-state index contributed by atoms with van der Waals surface area (Å²) in [6.07, 6.45) is 4.97. The molecule has 1 aliphatic heterocycles. The number of carbonyl (C=O) groups is 2. The summed E-state index contributed by atoms with van der Waals surface area (Å²) in [7, 11) is 0. The number of hydrogen-bond acceptors (Lipinski definition) is 6. The average Bonchev–Trinajstić information content (AvgIpc) is 3.48. The predicted octanol–water partition coefficient (Wildman–Crippen LogP) is 4.60. The Morgan fingerprint density at radius 2 is 2.03 bits per heavy atom. The number of fused-ring (bicyclic) bond motifs is 2. The number of furan rings is 1. The van der Waals surface area contributed by atoms with Crippen LogP contribution in [-0.2, 0) is 14.3 Å². The molecule has 0 bridgehead atoms. The molecule has 162 valence electrons. The second-order valence-corrected chi connectivity index (χ2v) is 8.67. The molecule has 0 amide bonds. The van der Waals surface area contributed by atoms with E-state index in [4.69, 9.17) is 18.6 Å². The number of ketones is 1. The first-order chi connectivity index (χ1) is 15.1. The van der Waals surface area contributed by atoms with E-state index >= 15 is 0 Å². The number of allylic oxidation sites excluding steroid dienone is 1. The fourth-order valence-corrected chi connectivity index (χ4v) is 5.65. The number of esters is 1. The zero-order valence-electron chi connectivity index (χ0n) is 17.7. The van der Waals surface area contributed by atoms with Crippen molar-refractivity contribution in [1.29, 1.82) is 0 Å². The van der Waals surface area contributed by atoms with Crippen molar-refractivity contribution >= 4 is 17.8 Å². The van der Waals surface area contributed by atoms with Crippen molar-refractivity contribution in [1.82, 2.24) is 0 Å². The molecular formula is C25H26O6. The van der Waals surface area contributed by atoms with Crippen LogP contribution in [0.15, 0.2) is 46.6 Å². The number of carbonyl (C=O) groups excluding carboxylic acids is 2. The molecule has 0 N–H and O–H groups in total. The van der Waals surface area contributed by atoms with Crippen molar-refractivity contribution in [2.24, 2.45) is 23.7 Å². The van der Waals surface area contributed by atoms with Crippen LogP contribution in [0, 0.1) is 23.7 Å². The van der Waals surface area contributed by atoms with E-state index in [1.165, 1.54) is 0 Å². The van der Waals surface area contributed by atoms with Crippen LogP contribution < -0.4 is 9.47 Å². The highest BCUT2D eigenvalue weighted by molar-refractivity contribution is 6.04. The maximum atomic E-state index is 13.6. The molecule has 2 heterocycles. The van der Waals surface area contributed by atoms with E-state index in [0.717, 1.165) is 17.6 Å². The molecule has 0 saturated heterocycles. The maximum Gasteiger partial charge on any atom is 0.309 e. The molecule has 6 heteroatoms. The van der Waals surface area contributed by atoms with Crippen LogP contribution in [0.4, 0.5) is 0 Å². The van der Waals surface area contributed by atoms with E-state index in [2.05, 4.69) is 6.92 Å². The topological polar surface area (TPSA) is 75.0 Å². The number of ether oxygens (including phenoxy) is 3. The van der Waals surface area contributed by atoms with Crippen LogP contribution in [0.1, 0.15) is 43.9 Å². The molecule has 0 spiro atoms. The van der Waals surface area contributed by atoms with Crippen molar-refractivity contribution in [2.45, 2.75) is 32.6 Å². The van der Waals surface area contributed by atoms with Crippen LogP contribution in [0.5, 0.6) is 11.5 Å². The Bertz CT molecular complexity index is 1020. The summed E-state index contributed by atoms with van der Waals surface area (Å²) in [4.78, 5) is 26.6. The van der Waals surface area contributed by atoms with Gasteiger partial charge in [0.15, 0.2) is 17.3 Å². The Kier molecular flexibility index (Phi) is 5.08. The lowest BCUT2D eigenvalue weighted by Gasteiger charge is -2.42. The highest BCUT2D eigenvalue weighted by Gasteiger charge is 2.54. The summed E-state index contributed by atoms with van der Waals surface area (Å²) in [6.45, 7) is 4.41. The van der Waals surface area contributed by atoms with E-state index in [1.54, 1.807) is 6.26 Å². The van der Waals surface area contributed by atoms with Crippen molar-refractivity contribution in [2.75, 3.05) is 13.4 Å². The zero-order valence-corrected chi connectivity index (χ0v) is 17.7. The summed E-state index contributed by atoms with van der Waals surface area (Å²) in [6, 6.07) is 9.42. The fraction of sp³-hybridized carbons (Fsp3) is 0.440. The zero-order chi connectivity index (χ0) is 21.5. The summed E-state index contributed by atoms with van der Waals surface area (Å²) < 4.78 is 21.9. The molecule has 2 aromatic rings. The fourth-order valence-electron chi connectivity index (χ4n) is 5.65. The van der Waals surface area contributed by atoms with Gasteiger partial charge < -0.3 is 18.6 Å². The van der Waals surface area contributed by atoms with Crippen LogP contribution >= 0.6 is 0 Å². The van der Waals surface area contributed by atoms with E-state index in [9.17, 15) is 9.59 Å². The van der Waals surface area contributed by atoms with Gasteiger partial charge in [-0.3, -0.25) is 9.59 Å². The maximum absolute atomic E-state index is 13.6. The van der Waals surface area contributed by atoms with Crippen LogP contribution in [0.2, 0.25) is 0 Å². The second kappa shape index (κ2) is 7.91. The van der Waals surface area contributed by atoms with E-state index in [0.29, 0.717) is 30.3 Å². The minimum absolute atomic E-state index is 0.102. The monoisotopic (exact) mass is 422 g/mol. The molecule has 1 aromatic carbocycles. The lowest BCUT2D eigenvalue weighted by atomic mass is 9.61. The highest BCUT2D eigenvalue weighted by atomic mass is 16.7. The number of benzene rings is 1. The largest absolute Gasteiger partial charge is 0.466 e. The third-order valence-electron chi connectivity index (χ3n) is 6.87. The molecular weight excluding hydrogens is 396 g/mol. The van der Waals surface area contributed by atoms with Crippen LogP contribution in [0.3, 0.4) is 0 Å². The van der Waals surface area contributed by atoms with Gasteiger partial charge in [0.2, 0.25) is 6.79 Å². The van der Waals surface area contributed by atoms with Gasteiger partial charge in [0.05, 0.1) is 18.8 Å². The quantitative estimate of drug-likeness (QED) is 0.530. The number of hydrogen-bond donors (Lipinski definition) is 0. The molecule has 5 unspecified atom stereocenters. The molecule has 5 rings (SSSR count). The summed E-state index contributed by atoms with van der Waals surface area (Å²) in [5.41, 5.74) is 1.70. The van der Waals surface area contributed by atoms with Crippen LogP contribution in [-0.4, -0.2) is 25.2 Å². The minimum Gasteiger partial charge on any atom is -0.466 e. The molecule has 2 saturated carbocycles. The Hall–Kier alpha value is -3.02. The lowest BCUT2D eigenvalue weighted by molar-refractivity contribution is -0.154. The first-order valence-electron chi connectivity index (χ1n) is 10.9. The lowest BCUT2D eigenvalue weighted by Crippen LogP contribution is -2.42. The smallest absolute Gasteiger partial charge is 0.309 e. The molecule has 2 aliphatic carbocycles. The molecule has 6 nitrogen and oxygen atoms in total. The van der Waals surface area contributed by atoms with Gasteiger partial charge in [-0.15, -0.1) is 0 Å². The highest BCUT2D eigenvalue weighted by Crippen LogP contribution is 2.55. The Labute approximate surface area is 181 Å². The van der Waals surface area contributed by atoms with E-state index < -0.39 is 0 Å². The Morgan fingerprint density at radius 3 is 2.81 bits per heavy atom. The predicted molar refractivity (Wildman–Crippen MR) is 112 cm³/mol. The first kappa shape index (κ1) is 19.9. The van der Waals surface area contributed by atoms with E-state index in [-0.39, 0.29) is 48.1 Å². The number of rotatable bonds is 4. The average molecular weight is 422 g/mol. The van der Waals surface area contributed by atoms with Gasteiger partial charge in [0.1, 0.15) is 5.76 Å². The van der Waals surface area contributed by atoms with Gasteiger partial charge in [-0.1, -0.05) is 13.0 Å². The number of Topliss-reactive ketones (excluding diaryl/α,β-unsaturated/α-hetero) is 1. The molecule has 31 heavy (non-hydrogen) atoms. The Morgan fingerprint density at radius 1 is 1.19 bits per heavy atom. The molecule has 5 atom stereocenters. The minimum atomic E-state index is -0.381. The van der Waals surface area contributed by atoms with Crippen LogP contribution in [0.25, 0.3) is 6.08 Å². The van der Waals surface area contributed by atoms with Crippen molar-refractivity contribution < 1.29 is 28.2 Å². The van der Waals surface area contributed by atoms with Crippen molar-refractivity contribution in [3.63, 3.8) is 0 Å². The normalized spacial score (nSPS) is 30.5. The summed E-state index contributed by atoms with van der Waals surface area (Å²) >= 11 is 0. The molecule has 1 aromatic heterocycles. The summed E-state index contributed by atoms with van der Waals surface area (Å²) in [5, 5.41) is 0. The van der Waals surface area contributed by atoms with Gasteiger partial charge >= 0.3 is 5.97 Å². The standard InChI is InChI=1S/C25H26O6/c1-3-28-25(27)21-14(2)9-16-10-17(11-18-5-4-8-29-18)24(26)23(16)22(21)15-6-7-19-20(12-15)31-13-30-19/h4-8,11-12,14,16,21-23H,3,9-10,13H2,1-2H3/b17-11+. The van der Waals surface area contributed by atoms with Crippen molar-refractivity contribution in [3.05, 3.63) is 53.5 Å². The van der Waals surface area contributed by atoms with Gasteiger partial charge in [0.25, 0.3) is 0 Å². The second-order valence-electron chi connectivity index (χ2n) is 8.67.